The molecule has 1 aromatic heterocycles. The smallest absolute Gasteiger partial charge is 0.243 e. The van der Waals surface area contributed by atoms with Gasteiger partial charge in [0, 0.05) is 36.6 Å². The number of aryl methyl sites for hydroxylation is 1. The lowest BCUT2D eigenvalue weighted by molar-refractivity contribution is -0.117. The largest absolute Gasteiger partial charge is 0.379 e. The minimum Gasteiger partial charge on any atom is -0.379 e. The van der Waals surface area contributed by atoms with E-state index in [1.54, 1.807) is 19.1 Å². The molecule has 2 heterocycles. The number of benzene rings is 2. The zero-order chi connectivity index (χ0) is 25.0. The maximum atomic E-state index is 12.9. The van der Waals surface area contributed by atoms with E-state index < -0.39 is 16.1 Å². The third-order valence-electron chi connectivity index (χ3n) is 6.13. The van der Waals surface area contributed by atoms with Crippen molar-refractivity contribution in [2.24, 2.45) is 0 Å². The van der Waals surface area contributed by atoms with Crippen molar-refractivity contribution in [3.05, 3.63) is 71.5 Å². The molecule has 35 heavy (non-hydrogen) atoms. The molecule has 3 aromatic rings. The van der Waals surface area contributed by atoms with E-state index in [0.29, 0.717) is 38.5 Å². The number of nitrogens with one attached hydrogen (secondary N) is 2. The van der Waals surface area contributed by atoms with Crippen LogP contribution in [0.4, 0.5) is 5.69 Å². The summed E-state index contributed by atoms with van der Waals surface area (Å²) in [5.41, 5.74) is 4.36. The van der Waals surface area contributed by atoms with Gasteiger partial charge in [-0.3, -0.25) is 4.79 Å². The average molecular weight is 498 g/mol. The molecule has 0 radical (unpaired) electrons. The van der Waals surface area contributed by atoms with Crippen LogP contribution < -0.4 is 10.6 Å². The quantitative estimate of drug-likeness (QED) is 0.496. The fourth-order valence-corrected chi connectivity index (χ4v) is 5.47. The second kappa shape index (κ2) is 10.7. The molecule has 0 spiro atoms. The minimum absolute atomic E-state index is 0.150. The minimum atomic E-state index is -3.64. The van der Waals surface area contributed by atoms with Crippen LogP contribution in [-0.2, 0) is 26.1 Å². The van der Waals surface area contributed by atoms with Crippen LogP contribution in [0.5, 0.6) is 0 Å². The number of carbonyl (C=O) groups is 1. The van der Waals surface area contributed by atoms with E-state index >= 15 is 0 Å². The first-order valence-electron chi connectivity index (χ1n) is 11.6. The Labute approximate surface area is 206 Å². The molecule has 2 aromatic carbocycles. The molecular weight excluding hydrogens is 466 g/mol. The number of sulfonamides is 1. The van der Waals surface area contributed by atoms with Crippen molar-refractivity contribution in [3.63, 3.8) is 0 Å². The van der Waals surface area contributed by atoms with E-state index in [1.165, 1.54) is 16.4 Å². The summed E-state index contributed by atoms with van der Waals surface area (Å²) in [7, 11) is -3.64. The zero-order valence-electron chi connectivity index (χ0n) is 20.2. The van der Waals surface area contributed by atoms with E-state index in [0.717, 1.165) is 22.6 Å². The predicted octanol–water partition coefficient (Wildman–Crippen LogP) is 2.63. The molecule has 1 fully saturated rings. The number of carbonyl (C=O) groups excluding carboxylic acids is 1. The van der Waals surface area contributed by atoms with Crippen LogP contribution in [-0.4, -0.2) is 60.8 Å². The molecule has 10 heteroatoms. The van der Waals surface area contributed by atoms with Crippen LogP contribution in [0.15, 0.2) is 59.5 Å². The van der Waals surface area contributed by atoms with Crippen molar-refractivity contribution >= 4 is 21.6 Å². The van der Waals surface area contributed by atoms with Gasteiger partial charge in [0.15, 0.2) is 0 Å². The summed E-state index contributed by atoms with van der Waals surface area (Å²) in [6, 6.07) is 15.7. The molecule has 0 saturated carbocycles. The first-order chi connectivity index (χ1) is 16.8. The maximum Gasteiger partial charge on any atom is 0.243 e. The first-order valence-corrected chi connectivity index (χ1v) is 13.0. The molecule has 1 aliphatic heterocycles. The Hall–Kier alpha value is -3.05. The summed E-state index contributed by atoms with van der Waals surface area (Å²) in [5, 5.41) is 10.7. The lowest BCUT2D eigenvalue weighted by Crippen LogP contribution is -2.40. The number of ether oxygens (including phenoxy) is 1. The molecule has 9 nitrogen and oxygen atoms in total. The summed E-state index contributed by atoms with van der Waals surface area (Å²) in [4.78, 5) is 13.0. The summed E-state index contributed by atoms with van der Waals surface area (Å²) >= 11 is 0. The third-order valence-corrected chi connectivity index (χ3v) is 8.02. The number of anilines is 1. The number of hydrogen-bond acceptors (Lipinski definition) is 6. The van der Waals surface area contributed by atoms with Crippen molar-refractivity contribution in [1.29, 1.82) is 0 Å². The van der Waals surface area contributed by atoms with Crippen molar-refractivity contribution < 1.29 is 17.9 Å². The fourth-order valence-electron chi connectivity index (χ4n) is 4.02. The van der Waals surface area contributed by atoms with Crippen LogP contribution in [0, 0.1) is 13.8 Å². The Morgan fingerprint density at radius 2 is 1.80 bits per heavy atom. The summed E-state index contributed by atoms with van der Waals surface area (Å²) < 4.78 is 34.4. The number of para-hydroxylation sites is 1. The normalized spacial score (nSPS) is 15.6. The highest BCUT2D eigenvalue weighted by Crippen LogP contribution is 2.21. The number of aromatic nitrogens is 2. The molecule has 0 unspecified atom stereocenters. The Morgan fingerprint density at radius 1 is 1.09 bits per heavy atom. The highest BCUT2D eigenvalue weighted by Gasteiger charge is 2.26. The Bertz CT molecular complexity index is 1280. The third kappa shape index (κ3) is 5.62. The molecule has 1 amide bonds. The lowest BCUT2D eigenvalue weighted by atomic mass is 10.1. The molecule has 1 aliphatic rings. The molecule has 0 bridgehead atoms. The van der Waals surface area contributed by atoms with E-state index in [9.17, 15) is 13.2 Å². The van der Waals surface area contributed by atoms with Gasteiger partial charge in [0.05, 0.1) is 35.5 Å². The van der Waals surface area contributed by atoms with Gasteiger partial charge in [-0.1, -0.05) is 24.3 Å². The molecule has 4 rings (SSSR count). The van der Waals surface area contributed by atoms with Gasteiger partial charge in [-0.25, -0.2) is 13.1 Å². The lowest BCUT2D eigenvalue weighted by Gasteiger charge is -2.26. The van der Waals surface area contributed by atoms with Gasteiger partial charge < -0.3 is 15.4 Å². The summed E-state index contributed by atoms with van der Waals surface area (Å²) in [6.45, 7) is 7.60. The molecule has 1 atom stereocenters. The molecule has 1 saturated heterocycles. The van der Waals surface area contributed by atoms with Crippen LogP contribution in [0.3, 0.4) is 0 Å². The SMILES string of the molecule is Cc1nn(-c2ccccc2)c(C)c1CN[C@H](C)C(=O)Nc1cccc(S(=O)(=O)N2CCOCC2)c1. The fraction of sp³-hybridized carbons (Fsp3) is 0.360. The van der Waals surface area contributed by atoms with Gasteiger partial charge in [0.25, 0.3) is 0 Å². The number of hydrogen-bond donors (Lipinski definition) is 2. The van der Waals surface area contributed by atoms with Crippen molar-refractivity contribution in [2.75, 3.05) is 31.6 Å². The number of rotatable bonds is 8. The van der Waals surface area contributed by atoms with Crippen LogP contribution in [0.2, 0.25) is 0 Å². The van der Waals surface area contributed by atoms with Gasteiger partial charge in [-0.15, -0.1) is 0 Å². The molecular formula is C25H31N5O4S. The van der Waals surface area contributed by atoms with Gasteiger partial charge in [-0.05, 0) is 51.1 Å². The van der Waals surface area contributed by atoms with Crippen molar-refractivity contribution in [2.45, 2.75) is 38.3 Å². The van der Waals surface area contributed by atoms with Crippen LogP contribution >= 0.6 is 0 Å². The Kier molecular flexibility index (Phi) is 7.66. The number of amides is 1. The summed E-state index contributed by atoms with van der Waals surface area (Å²) in [5.74, 6) is -0.253. The molecule has 2 N–H and O–H groups in total. The van der Waals surface area contributed by atoms with Crippen molar-refractivity contribution in [3.8, 4) is 5.69 Å². The van der Waals surface area contributed by atoms with Crippen molar-refractivity contribution in [1.82, 2.24) is 19.4 Å². The second-order valence-electron chi connectivity index (χ2n) is 8.53. The second-order valence-corrected chi connectivity index (χ2v) is 10.5. The molecule has 186 valence electrons. The number of nitrogens with zero attached hydrogens (tertiary/aromatic N) is 3. The van der Waals surface area contributed by atoms with E-state index in [4.69, 9.17) is 4.74 Å². The Balaban J connectivity index is 1.40. The topological polar surface area (TPSA) is 106 Å². The predicted molar refractivity (Wildman–Crippen MR) is 134 cm³/mol. The highest BCUT2D eigenvalue weighted by molar-refractivity contribution is 7.89. The van der Waals surface area contributed by atoms with E-state index in [2.05, 4.69) is 15.7 Å². The molecule has 0 aliphatic carbocycles. The van der Waals surface area contributed by atoms with Gasteiger partial charge in [0.1, 0.15) is 0 Å². The van der Waals surface area contributed by atoms with Crippen LogP contribution in [0.1, 0.15) is 23.9 Å². The van der Waals surface area contributed by atoms with E-state index in [1.807, 2.05) is 48.9 Å². The van der Waals surface area contributed by atoms with E-state index in [-0.39, 0.29) is 10.8 Å². The van der Waals surface area contributed by atoms with Crippen LogP contribution in [0.25, 0.3) is 5.69 Å². The van der Waals surface area contributed by atoms with Gasteiger partial charge in [0.2, 0.25) is 15.9 Å². The number of morpholine rings is 1. The van der Waals surface area contributed by atoms with Gasteiger partial charge >= 0.3 is 0 Å². The zero-order valence-corrected chi connectivity index (χ0v) is 21.0. The monoisotopic (exact) mass is 497 g/mol. The average Bonchev–Trinajstić information content (AvgIpc) is 3.16. The summed E-state index contributed by atoms with van der Waals surface area (Å²) in [6.07, 6.45) is 0. The van der Waals surface area contributed by atoms with Gasteiger partial charge in [-0.2, -0.15) is 9.40 Å². The Morgan fingerprint density at radius 3 is 2.51 bits per heavy atom. The first kappa shape index (κ1) is 25.1. The highest BCUT2D eigenvalue weighted by atomic mass is 32.2. The maximum absolute atomic E-state index is 12.9. The standard InChI is InChI=1S/C25H31N5O4S/c1-18-24(20(3)30(28-18)22-9-5-4-6-10-22)17-26-19(2)25(31)27-21-8-7-11-23(16-21)35(32,33)29-12-14-34-15-13-29/h4-11,16,19,26H,12-15,17H2,1-3H3,(H,27,31)/t19-/m1/s1.